The van der Waals surface area contributed by atoms with Crippen LogP contribution in [0.4, 0.5) is 5.69 Å². The predicted molar refractivity (Wildman–Crippen MR) is 86.6 cm³/mol. The van der Waals surface area contributed by atoms with Gasteiger partial charge < -0.3 is 14.8 Å². The second kappa shape index (κ2) is 6.64. The van der Waals surface area contributed by atoms with Crippen LogP contribution < -0.4 is 5.32 Å². The summed E-state index contributed by atoms with van der Waals surface area (Å²) >= 11 is 6.15. The summed E-state index contributed by atoms with van der Waals surface area (Å²) in [6.45, 7) is 0.477. The number of aliphatic hydroxyl groups excluding tert-OH is 1. The van der Waals surface area contributed by atoms with E-state index in [4.69, 9.17) is 21.1 Å². The van der Waals surface area contributed by atoms with Gasteiger partial charge in [-0.3, -0.25) is 0 Å². The van der Waals surface area contributed by atoms with Gasteiger partial charge in [0.1, 0.15) is 0 Å². The smallest absolute Gasteiger partial charge is 0.214 e. The van der Waals surface area contributed by atoms with Crippen LogP contribution in [-0.4, -0.2) is 10.1 Å². The summed E-state index contributed by atoms with van der Waals surface area (Å²) in [6.07, 6.45) is 1.67. The number of anilines is 1. The van der Waals surface area contributed by atoms with Crippen molar-refractivity contribution in [1.82, 2.24) is 4.98 Å². The number of halogens is 1. The maximum atomic E-state index is 9.13. The van der Waals surface area contributed by atoms with Crippen molar-refractivity contribution in [2.45, 2.75) is 13.2 Å². The Morgan fingerprint density at radius 3 is 2.82 bits per heavy atom. The average Bonchev–Trinajstić information content (AvgIpc) is 3.02. The van der Waals surface area contributed by atoms with E-state index in [1.165, 1.54) is 0 Å². The quantitative estimate of drug-likeness (QED) is 0.744. The molecule has 5 heteroatoms. The summed E-state index contributed by atoms with van der Waals surface area (Å²) in [7, 11) is 0. The van der Waals surface area contributed by atoms with Gasteiger partial charge in [-0.25, -0.2) is 4.98 Å². The minimum absolute atomic E-state index is 0.0190. The van der Waals surface area contributed by atoms with Crippen LogP contribution in [0.3, 0.4) is 0 Å². The number of hydrogen-bond donors (Lipinski definition) is 2. The minimum Gasteiger partial charge on any atom is -0.439 e. The minimum atomic E-state index is 0.0190. The molecular formula is C17H15ClN2O2. The lowest BCUT2D eigenvalue weighted by molar-refractivity contribution is 0.282. The van der Waals surface area contributed by atoms with Gasteiger partial charge in [0.05, 0.1) is 24.4 Å². The predicted octanol–water partition coefficient (Wildman–Crippen LogP) is 4.10. The molecule has 0 bridgehead atoms. The van der Waals surface area contributed by atoms with Crippen molar-refractivity contribution in [2.75, 3.05) is 5.32 Å². The van der Waals surface area contributed by atoms with Crippen molar-refractivity contribution in [3.05, 3.63) is 71.2 Å². The molecule has 112 valence electrons. The summed E-state index contributed by atoms with van der Waals surface area (Å²) in [6, 6.07) is 15.1. The van der Waals surface area contributed by atoms with Crippen molar-refractivity contribution in [3.63, 3.8) is 0 Å². The highest BCUT2D eigenvalue weighted by atomic mass is 35.5. The van der Waals surface area contributed by atoms with Gasteiger partial charge in [0.25, 0.3) is 0 Å². The summed E-state index contributed by atoms with van der Waals surface area (Å²) in [5, 5.41) is 13.0. The first kappa shape index (κ1) is 14.6. The van der Waals surface area contributed by atoms with E-state index in [1.807, 2.05) is 48.5 Å². The van der Waals surface area contributed by atoms with E-state index in [-0.39, 0.29) is 6.61 Å². The Morgan fingerprint density at radius 2 is 2.00 bits per heavy atom. The summed E-state index contributed by atoms with van der Waals surface area (Å²) in [5.41, 5.74) is 2.59. The number of hydrogen-bond acceptors (Lipinski definition) is 4. The highest BCUT2D eigenvalue weighted by Crippen LogP contribution is 2.28. The zero-order valence-corrected chi connectivity index (χ0v) is 12.5. The first-order valence-corrected chi connectivity index (χ1v) is 7.27. The number of benzene rings is 2. The normalized spacial score (nSPS) is 10.6. The Bertz CT molecular complexity index is 771. The molecule has 0 fully saturated rings. The average molecular weight is 315 g/mol. The lowest BCUT2D eigenvalue weighted by atomic mass is 10.2. The Balaban J connectivity index is 1.71. The Labute approximate surface area is 133 Å². The standard InChI is InChI=1S/C17H15ClN2O2/c18-15-7-2-1-6-14(15)16-9-20-17(22-16)10-19-13-5-3-4-12(8-13)11-21/h1-9,19,21H,10-11H2. The van der Waals surface area contributed by atoms with Gasteiger partial charge in [-0.2, -0.15) is 0 Å². The van der Waals surface area contributed by atoms with Crippen LogP contribution in [0.1, 0.15) is 11.5 Å². The summed E-state index contributed by atoms with van der Waals surface area (Å²) < 4.78 is 5.72. The SMILES string of the molecule is OCc1cccc(NCc2ncc(-c3ccccc3Cl)o2)c1. The first-order chi connectivity index (χ1) is 10.8. The van der Waals surface area contributed by atoms with E-state index in [9.17, 15) is 0 Å². The molecule has 0 atom stereocenters. The molecule has 0 spiro atoms. The number of aromatic nitrogens is 1. The number of aliphatic hydroxyl groups is 1. The Morgan fingerprint density at radius 1 is 1.14 bits per heavy atom. The molecule has 0 saturated heterocycles. The highest BCUT2D eigenvalue weighted by molar-refractivity contribution is 6.33. The molecule has 22 heavy (non-hydrogen) atoms. The molecule has 0 aliphatic carbocycles. The largest absolute Gasteiger partial charge is 0.439 e. The van der Waals surface area contributed by atoms with E-state index in [0.717, 1.165) is 16.8 Å². The first-order valence-electron chi connectivity index (χ1n) is 6.89. The molecule has 0 aliphatic rings. The third-order valence-electron chi connectivity index (χ3n) is 3.25. The molecule has 0 unspecified atom stereocenters. The number of oxazole rings is 1. The topological polar surface area (TPSA) is 58.3 Å². The molecule has 2 N–H and O–H groups in total. The third kappa shape index (κ3) is 3.30. The molecule has 3 rings (SSSR count). The molecule has 0 amide bonds. The molecule has 0 radical (unpaired) electrons. The van der Waals surface area contributed by atoms with Gasteiger partial charge in [-0.15, -0.1) is 0 Å². The molecular weight excluding hydrogens is 300 g/mol. The fourth-order valence-corrected chi connectivity index (χ4v) is 2.36. The van der Waals surface area contributed by atoms with Crippen LogP contribution in [-0.2, 0) is 13.2 Å². The Hall–Kier alpha value is -2.30. The van der Waals surface area contributed by atoms with Crippen LogP contribution >= 0.6 is 11.6 Å². The maximum absolute atomic E-state index is 9.13. The lowest BCUT2D eigenvalue weighted by Gasteiger charge is -2.05. The van der Waals surface area contributed by atoms with Crippen LogP contribution in [0.25, 0.3) is 11.3 Å². The van der Waals surface area contributed by atoms with Crippen molar-refractivity contribution in [2.24, 2.45) is 0 Å². The van der Waals surface area contributed by atoms with E-state index in [2.05, 4.69) is 10.3 Å². The maximum Gasteiger partial charge on any atom is 0.214 e. The van der Waals surface area contributed by atoms with Gasteiger partial charge in [0.2, 0.25) is 5.89 Å². The van der Waals surface area contributed by atoms with Gasteiger partial charge >= 0.3 is 0 Å². The summed E-state index contributed by atoms with van der Waals surface area (Å²) in [5.74, 6) is 1.22. The van der Waals surface area contributed by atoms with Crippen molar-refractivity contribution >= 4 is 17.3 Å². The monoisotopic (exact) mass is 314 g/mol. The highest BCUT2D eigenvalue weighted by Gasteiger charge is 2.09. The van der Waals surface area contributed by atoms with Crippen LogP contribution in [0, 0.1) is 0 Å². The van der Waals surface area contributed by atoms with E-state index >= 15 is 0 Å². The molecule has 0 aliphatic heterocycles. The fourth-order valence-electron chi connectivity index (χ4n) is 2.13. The van der Waals surface area contributed by atoms with Crippen LogP contribution in [0.2, 0.25) is 5.02 Å². The Kier molecular flexibility index (Phi) is 4.42. The van der Waals surface area contributed by atoms with E-state index < -0.39 is 0 Å². The second-order valence-electron chi connectivity index (χ2n) is 4.81. The number of nitrogens with zero attached hydrogens (tertiary/aromatic N) is 1. The van der Waals surface area contributed by atoms with E-state index in [1.54, 1.807) is 6.20 Å². The van der Waals surface area contributed by atoms with Gasteiger partial charge in [0, 0.05) is 11.3 Å². The number of nitrogens with one attached hydrogen (secondary N) is 1. The van der Waals surface area contributed by atoms with Crippen molar-refractivity contribution < 1.29 is 9.52 Å². The molecule has 4 nitrogen and oxygen atoms in total. The molecule has 3 aromatic rings. The van der Waals surface area contributed by atoms with Crippen molar-refractivity contribution in [3.8, 4) is 11.3 Å². The van der Waals surface area contributed by atoms with Crippen molar-refractivity contribution in [1.29, 1.82) is 0 Å². The summed E-state index contributed by atoms with van der Waals surface area (Å²) in [4.78, 5) is 4.25. The van der Waals surface area contributed by atoms with Gasteiger partial charge in [-0.05, 0) is 29.8 Å². The zero-order valence-electron chi connectivity index (χ0n) is 11.8. The molecule has 1 heterocycles. The van der Waals surface area contributed by atoms with Gasteiger partial charge in [-0.1, -0.05) is 35.9 Å². The van der Waals surface area contributed by atoms with E-state index in [0.29, 0.717) is 23.2 Å². The van der Waals surface area contributed by atoms with Crippen LogP contribution in [0.15, 0.2) is 59.1 Å². The molecule has 0 saturated carbocycles. The zero-order chi connectivity index (χ0) is 15.4. The third-order valence-corrected chi connectivity index (χ3v) is 3.58. The number of rotatable bonds is 5. The molecule has 2 aromatic carbocycles. The molecule has 1 aromatic heterocycles. The van der Waals surface area contributed by atoms with Gasteiger partial charge in [0.15, 0.2) is 5.76 Å². The van der Waals surface area contributed by atoms with Crippen LogP contribution in [0.5, 0.6) is 0 Å². The lowest BCUT2D eigenvalue weighted by Crippen LogP contribution is -1.99. The fraction of sp³-hybridized carbons (Fsp3) is 0.118. The second-order valence-corrected chi connectivity index (χ2v) is 5.22.